The number of alkyl halides is 1. The molecule has 0 N–H and O–H groups in total. The molecule has 1 aromatic heterocycles. The van der Waals surface area contributed by atoms with Gasteiger partial charge in [-0.15, -0.1) is 11.6 Å². The minimum Gasteiger partial charge on any atom is -0.326 e. The Hall–Kier alpha value is -1.18. The van der Waals surface area contributed by atoms with E-state index in [-0.39, 0.29) is 0 Å². The first kappa shape index (κ1) is 12.3. The molecule has 0 unspecified atom stereocenters. The molecule has 0 atom stereocenters. The standard InChI is InChI=1S/C12H12ClN3S/c1-17-6-5-16-10-4-2-3-9(8-14)12(10)15-11(16)7-13/h2-4H,5-7H2,1H3. The number of nitriles is 1. The summed E-state index contributed by atoms with van der Waals surface area (Å²) in [7, 11) is 0. The second-order valence-electron chi connectivity index (χ2n) is 3.59. The van der Waals surface area contributed by atoms with Crippen LogP contribution in [0.15, 0.2) is 18.2 Å². The third-order valence-electron chi connectivity index (χ3n) is 2.62. The molecule has 0 aliphatic carbocycles. The van der Waals surface area contributed by atoms with E-state index in [1.807, 2.05) is 12.1 Å². The molecule has 1 aromatic carbocycles. The topological polar surface area (TPSA) is 41.6 Å². The number of hydrogen-bond donors (Lipinski definition) is 0. The minimum atomic E-state index is 0.369. The minimum absolute atomic E-state index is 0.369. The van der Waals surface area contributed by atoms with Crippen molar-refractivity contribution in [2.75, 3.05) is 12.0 Å². The van der Waals surface area contributed by atoms with Crippen molar-refractivity contribution in [2.24, 2.45) is 0 Å². The summed E-state index contributed by atoms with van der Waals surface area (Å²) in [6.45, 7) is 0.870. The van der Waals surface area contributed by atoms with Crippen molar-refractivity contribution < 1.29 is 0 Å². The molecular formula is C12H12ClN3S. The van der Waals surface area contributed by atoms with Gasteiger partial charge in [0.1, 0.15) is 17.4 Å². The summed E-state index contributed by atoms with van der Waals surface area (Å²) in [6.07, 6.45) is 2.07. The Morgan fingerprint density at radius 1 is 1.53 bits per heavy atom. The van der Waals surface area contributed by atoms with Crippen LogP contribution < -0.4 is 0 Å². The molecule has 0 aliphatic heterocycles. The first-order chi connectivity index (χ1) is 8.31. The van der Waals surface area contributed by atoms with Crippen LogP contribution in [-0.2, 0) is 12.4 Å². The predicted molar refractivity (Wildman–Crippen MR) is 72.4 cm³/mol. The van der Waals surface area contributed by atoms with Gasteiger partial charge in [0.2, 0.25) is 0 Å². The van der Waals surface area contributed by atoms with Gasteiger partial charge in [0, 0.05) is 12.3 Å². The average Bonchev–Trinajstić information content (AvgIpc) is 2.73. The number of halogens is 1. The first-order valence-electron chi connectivity index (χ1n) is 5.25. The van der Waals surface area contributed by atoms with Crippen LogP contribution in [-0.4, -0.2) is 21.6 Å². The van der Waals surface area contributed by atoms with Crippen molar-refractivity contribution in [1.82, 2.24) is 9.55 Å². The molecule has 3 nitrogen and oxygen atoms in total. The molecule has 88 valence electrons. The van der Waals surface area contributed by atoms with Crippen LogP contribution in [0.3, 0.4) is 0 Å². The molecule has 5 heteroatoms. The normalized spacial score (nSPS) is 10.6. The molecule has 0 spiro atoms. The summed E-state index contributed by atoms with van der Waals surface area (Å²) in [6, 6.07) is 7.82. The van der Waals surface area contributed by atoms with Crippen molar-refractivity contribution >= 4 is 34.4 Å². The zero-order valence-electron chi connectivity index (χ0n) is 9.48. The molecular weight excluding hydrogens is 254 g/mol. The van der Waals surface area contributed by atoms with E-state index in [0.717, 1.165) is 29.2 Å². The summed E-state index contributed by atoms with van der Waals surface area (Å²) < 4.78 is 2.10. The average molecular weight is 266 g/mol. The van der Waals surface area contributed by atoms with Gasteiger partial charge in [-0.1, -0.05) is 6.07 Å². The van der Waals surface area contributed by atoms with E-state index in [1.165, 1.54) is 0 Å². The number of benzene rings is 1. The quantitative estimate of drug-likeness (QED) is 0.798. The monoisotopic (exact) mass is 265 g/mol. The number of para-hydroxylation sites is 1. The van der Waals surface area contributed by atoms with E-state index in [4.69, 9.17) is 16.9 Å². The fourth-order valence-corrected chi connectivity index (χ4v) is 2.39. The number of imidazole rings is 1. The highest BCUT2D eigenvalue weighted by atomic mass is 35.5. The van der Waals surface area contributed by atoms with Crippen molar-refractivity contribution in [3.63, 3.8) is 0 Å². The second kappa shape index (κ2) is 5.44. The maximum absolute atomic E-state index is 9.05. The van der Waals surface area contributed by atoms with E-state index in [2.05, 4.69) is 21.9 Å². The van der Waals surface area contributed by atoms with E-state index in [1.54, 1.807) is 17.8 Å². The van der Waals surface area contributed by atoms with Crippen molar-refractivity contribution in [3.8, 4) is 6.07 Å². The largest absolute Gasteiger partial charge is 0.326 e. The molecule has 0 bridgehead atoms. The van der Waals surface area contributed by atoms with Crippen LogP contribution in [0.4, 0.5) is 0 Å². The lowest BCUT2D eigenvalue weighted by Crippen LogP contribution is -2.04. The van der Waals surface area contributed by atoms with Gasteiger partial charge >= 0.3 is 0 Å². The number of fused-ring (bicyclic) bond motifs is 1. The maximum atomic E-state index is 9.05. The zero-order valence-corrected chi connectivity index (χ0v) is 11.1. The van der Waals surface area contributed by atoms with E-state index < -0.39 is 0 Å². The molecule has 17 heavy (non-hydrogen) atoms. The predicted octanol–water partition coefficient (Wildman–Crippen LogP) is 3.01. The van der Waals surface area contributed by atoms with E-state index in [9.17, 15) is 0 Å². The highest BCUT2D eigenvalue weighted by Crippen LogP contribution is 2.21. The fourth-order valence-electron chi connectivity index (χ4n) is 1.82. The van der Waals surface area contributed by atoms with Gasteiger partial charge in [-0.3, -0.25) is 0 Å². The number of aryl methyl sites for hydroxylation is 1. The van der Waals surface area contributed by atoms with Gasteiger partial charge in [0.25, 0.3) is 0 Å². The zero-order chi connectivity index (χ0) is 12.3. The Morgan fingerprint density at radius 2 is 2.35 bits per heavy atom. The molecule has 0 aliphatic rings. The van der Waals surface area contributed by atoms with Crippen LogP contribution in [0.25, 0.3) is 11.0 Å². The number of aromatic nitrogens is 2. The lowest BCUT2D eigenvalue weighted by Gasteiger charge is -2.05. The Balaban J connectivity index is 2.60. The smallest absolute Gasteiger partial charge is 0.124 e. The van der Waals surface area contributed by atoms with Crippen LogP contribution in [0.2, 0.25) is 0 Å². The maximum Gasteiger partial charge on any atom is 0.124 e. The van der Waals surface area contributed by atoms with Gasteiger partial charge in [-0.2, -0.15) is 17.0 Å². The Kier molecular flexibility index (Phi) is 3.93. The SMILES string of the molecule is CSCCn1c(CCl)nc2c(C#N)cccc21. The molecule has 0 amide bonds. The third-order valence-corrected chi connectivity index (χ3v) is 3.45. The number of hydrogen-bond acceptors (Lipinski definition) is 3. The molecule has 0 saturated carbocycles. The number of thioether (sulfide) groups is 1. The highest BCUT2D eigenvalue weighted by Gasteiger charge is 2.12. The lowest BCUT2D eigenvalue weighted by atomic mass is 10.2. The number of nitrogens with zero attached hydrogens (tertiary/aromatic N) is 3. The second-order valence-corrected chi connectivity index (χ2v) is 4.84. The summed E-state index contributed by atoms with van der Waals surface area (Å²) in [5.74, 6) is 2.21. The Bertz CT molecular complexity index is 571. The summed E-state index contributed by atoms with van der Waals surface area (Å²) >= 11 is 7.69. The van der Waals surface area contributed by atoms with Gasteiger partial charge in [0.05, 0.1) is 17.0 Å². The first-order valence-corrected chi connectivity index (χ1v) is 7.17. The lowest BCUT2D eigenvalue weighted by molar-refractivity contribution is 0.755. The van der Waals surface area contributed by atoms with Crippen molar-refractivity contribution in [1.29, 1.82) is 5.26 Å². The molecule has 2 aromatic rings. The van der Waals surface area contributed by atoms with E-state index >= 15 is 0 Å². The van der Waals surface area contributed by atoms with Crippen LogP contribution in [0.1, 0.15) is 11.4 Å². The van der Waals surface area contributed by atoms with Crippen LogP contribution in [0.5, 0.6) is 0 Å². The molecule has 0 saturated heterocycles. The summed E-state index contributed by atoms with van der Waals surface area (Å²) in [5, 5.41) is 9.05. The van der Waals surface area contributed by atoms with Crippen LogP contribution in [0, 0.1) is 11.3 Å². The van der Waals surface area contributed by atoms with E-state index in [0.29, 0.717) is 11.4 Å². The number of rotatable bonds is 4. The molecule has 2 rings (SSSR count). The van der Waals surface area contributed by atoms with Crippen molar-refractivity contribution in [2.45, 2.75) is 12.4 Å². The van der Waals surface area contributed by atoms with Gasteiger partial charge in [-0.05, 0) is 18.4 Å². The molecule has 1 heterocycles. The molecule has 0 fully saturated rings. The van der Waals surface area contributed by atoms with Gasteiger partial charge in [0.15, 0.2) is 0 Å². The fraction of sp³-hybridized carbons (Fsp3) is 0.333. The summed E-state index contributed by atoms with van der Waals surface area (Å²) in [5.41, 5.74) is 2.36. The third kappa shape index (κ3) is 2.26. The summed E-state index contributed by atoms with van der Waals surface area (Å²) in [4.78, 5) is 4.45. The van der Waals surface area contributed by atoms with Crippen molar-refractivity contribution in [3.05, 3.63) is 29.6 Å². The van der Waals surface area contributed by atoms with Crippen LogP contribution >= 0.6 is 23.4 Å². The van der Waals surface area contributed by atoms with Gasteiger partial charge in [-0.25, -0.2) is 4.98 Å². The highest BCUT2D eigenvalue weighted by molar-refractivity contribution is 7.98. The van der Waals surface area contributed by atoms with Gasteiger partial charge < -0.3 is 4.57 Å². The molecule has 0 radical (unpaired) electrons. The Morgan fingerprint density at radius 3 is 3.00 bits per heavy atom. The Labute approximate surface area is 109 Å².